The minimum Gasteiger partial charge on any atom is -0.484 e. The average Bonchev–Trinajstić information content (AvgIpc) is 3.27. The predicted octanol–water partition coefficient (Wildman–Crippen LogP) is 2.13. The third-order valence-corrected chi connectivity index (χ3v) is 5.42. The number of aliphatic hydroxyl groups is 1. The van der Waals surface area contributed by atoms with Crippen molar-refractivity contribution in [3.8, 4) is 5.75 Å². The van der Waals surface area contributed by atoms with Crippen molar-refractivity contribution in [2.45, 2.75) is 13.0 Å². The zero-order valence-corrected chi connectivity index (χ0v) is 18.1. The number of fused-ring (bicyclic) bond motifs is 2. The zero-order chi connectivity index (χ0) is 23.5. The maximum Gasteiger partial charge on any atom is 0.355 e. The van der Waals surface area contributed by atoms with Crippen LogP contribution in [0.5, 0.6) is 5.75 Å². The molecule has 10 nitrogen and oxygen atoms in total. The van der Waals surface area contributed by atoms with E-state index in [1.54, 1.807) is 43.5 Å². The fourth-order valence-corrected chi connectivity index (χ4v) is 3.37. The summed E-state index contributed by atoms with van der Waals surface area (Å²) in [4.78, 5) is 36.5. The number of carbonyl (C=O) groups is 2. The van der Waals surface area contributed by atoms with Crippen LogP contribution >= 0.6 is 11.6 Å². The Balaban J connectivity index is 1.37. The summed E-state index contributed by atoms with van der Waals surface area (Å²) < 4.78 is 10.6. The Bertz CT molecular complexity index is 1410. The van der Waals surface area contributed by atoms with Crippen molar-refractivity contribution in [3.05, 3.63) is 63.6 Å². The van der Waals surface area contributed by atoms with Crippen LogP contribution in [-0.2, 0) is 9.59 Å². The van der Waals surface area contributed by atoms with E-state index in [9.17, 15) is 19.5 Å². The van der Waals surface area contributed by atoms with Gasteiger partial charge in [0.15, 0.2) is 6.61 Å². The molecule has 170 valence electrons. The van der Waals surface area contributed by atoms with Gasteiger partial charge in [-0.05, 0) is 42.8 Å². The van der Waals surface area contributed by atoms with Crippen LogP contribution in [0.2, 0.25) is 5.02 Å². The van der Waals surface area contributed by atoms with Crippen LogP contribution in [0, 0.1) is 6.92 Å². The van der Waals surface area contributed by atoms with Gasteiger partial charge in [0.05, 0.1) is 18.3 Å². The standard InChI is InChI=1S/C22H19ClN4O6/c1-11-15-5-4-14(7-18(15)33-22(31)20(11)23)32-10-19(29)26-17(9-28)21(30)25-13-3-2-12-8-24-27-16(12)6-13/h2-8,17,28H,9-10H2,1H3,(H,24,27)(H,25,30)(H,26,29)/t17-/m0/s1. The van der Waals surface area contributed by atoms with Crippen molar-refractivity contribution in [3.63, 3.8) is 0 Å². The summed E-state index contributed by atoms with van der Waals surface area (Å²) in [5, 5.41) is 22.8. The van der Waals surface area contributed by atoms with Crippen molar-refractivity contribution >= 4 is 51.0 Å². The molecule has 4 rings (SSSR count). The van der Waals surface area contributed by atoms with E-state index in [0.717, 1.165) is 10.9 Å². The number of H-pyrrole nitrogens is 1. The van der Waals surface area contributed by atoms with Crippen molar-refractivity contribution in [2.75, 3.05) is 18.5 Å². The summed E-state index contributed by atoms with van der Waals surface area (Å²) in [5.41, 5.74) is 1.39. The number of hydrogen-bond donors (Lipinski definition) is 4. The molecule has 0 aliphatic heterocycles. The smallest absolute Gasteiger partial charge is 0.355 e. The minimum absolute atomic E-state index is 0.00773. The molecule has 0 fully saturated rings. The van der Waals surface area contributed by atoms with Gasteiger partial charge in [0.1, 0.15) is 22.4 Å². The predicted molar refractivity (Wildman–Crippen MR) is 121 cm³/mol. The number of aromatic amines is 1. The zero-order valence-electron chi connectivity index (χ0n) is 17.3. The molecule has 1 atom stereocenters. The molecule has 0 radical (unpaired) electrons. The molecule has 2 aromatic carbocycles. The lowest BCUT2D eigenvalue weighted by molar-refractivity contribution is -0.128. The van der Waals surface area contributed by atoms with E-state index in [1.807, 2.05) is 0 Å². The lowest BCUT2D eigenvalue weighted by Gasteiger charge is -2.16. The van der Waals surface area contributed by atoms with Gasteiger partial charge >= 0.3 is 5.63 Å². The molecule has 0 aliphatic rings. The highest BCUT2D eigenvalue weighted by atomic mass is 35.5. The molecule has 0 bridgehead atoms. The van der Waals surface area contributed by atoms with Gasteiger partial charge in [-0.2, -0.15) is 5.10 Å². The van der Waals surface area contributed by atoms with Crippen LogP contribution in [-0.4, -0.2) is 46.4 Å². The second kappa shape index (κ2) is 9.31. The maximum absolute atomic E-state index is 12.5. The number of nitrogens with one attached hydrogen (secondary N) is 3. The van der Waals surface area contributed by atoms with E-state index >= 15 is 0 Å². The number of benzene rings is 2. The van der Waals surface area contributed by atoms with Crippen molar-refractivity contribution in [1.29, 1.82) is 0 Å². The summed E-state index contributed by atoms with van der Waals surface area (Å²) in [6.45, 7) is 0.667. The second-order valence-electron chi connectivity index (χ2n) is 7.24. The number of hydrogen-bond acceptors (Lipinski definition) is 7. The molecule has 0 unspecified atom stereocenters. The lowest BCUT2D eigenvalue weighted by Crippen LogP contribution is -2.47. The molecule has 4 aromatic rings. The summed E-state index contributed by atoms with van der Waals surface area (Å²) >= 11 is 5.91. The Hall–Kier alpha value is -3.89. The quantitative estimate of drug-likeness (QED) is 0.302. The van der Waals surface area contributed by atoms with E-state index in [4.69, 9.17) is 20.8 Å². The first-order valence-electron chi connectivity index (χ1n) is 9.85. The maximum atomic E-state index is 12.5. The van der Waals surface area contributed by atoms with Gasteiger partial charge in [0.25, 0.3) is 5.91 Å². The van der Waals surface area contributed by atoms with Crippen LogP contribution in [0.25, 0.3) is 21.9 Å². The van der Waals surface area contributed by atoms with Gasteiger partial charge in [-0.1, -0.05) is 11.6 Å². The number of carbonyl (C=O) groups excluding carboxylic acids is 2. The topological polar surface area (TPSA) is 147 Å². The molecule has 2 heterocycles. The average molecular weight is 471 g/mol. The first-order chi connectivity index (χ1) is 15.9. The number of halogens is 1. The molecule has 11 heteroatoms. The number of nitrogens with zero attached hydrogens (tertiary/aromatic N) is 1. The minimum atomic E-state index is -1.18. The molecule has 0 saturated carbocycles. The Labute approximate surface area is 191 Å². The van der Waals surface area contributed by atoms with E-state index in [1.165, 1.54) is 6.07 Å². The van der Waals surface area contributed by atoms with Crippen LogP contribution < -0.4 is 21.0 Å². The molecule has 0 spiro atoms. The third kappa shape index (κ3) is 4.81. The monoisotopic (exact) mass is 470 g/mol. The fraction of sp³-hybridized carbons (Fsp3) is 0.182. The van der Waals surface area contributed by atoms with Gasteiger partial charge in [0, 0.05) is 22.5 Å². The molecule has 33 heavy (non-hydrogen) atoms. The number of rotatable bonds is 7. The van der Waals surface area contributed by atoms with Gasteiger partial charge in [-0.3, -0.25) is 14.7 Å². The first-order valence-corrected chi connectivity index (χ1v) is 10.2. The van der Waals surface area contributed by atoms with Crippen LogP contribution in [0.3, 0.4) is 0 Å². The van der Waals surface area contributed by atoms with Crippen LogP contribution in [0.15, 0.2) is 51.8 Å². The number of ether oxygens (including phenoxy) is 1. The Morgan fingerprint density at radius 2 is 2.09 bits per heavy atom. The number of aryl methyl sites for hydroxylation is 1. The number of aliphatic hydroxyl groups excluding tert-OH is 1. The van der Waals surface area contributed by atoms with Crippen LogP contribution in [0.4, 0.5) is 5.69 Å². The summed E-state index contributed by atoms with van der Waals surface area (Å²) in [6.07, 6.45) is 1.65. The van der Waals surface area contributed by atoms with Crippen molar-refractivity contribution in [2.24, 2.45) is 0 Å². The highest BCUT2D eigenvalue weighted by Gasteiger charge is 2.20. The third-order valence-electron chi connectivity index (χ3n) is 4.98. The van der Waals surface area contributed by atoms with E-state index in [0.29, 0.717) is 16.6 Å². The van der Waals surface area contributed by atoms with Crippen LogP contribution in [0.1, 0.15) is 5.56 Å². The highest BCUT2D eigenvalue weighted by molar-refractivity contribution is 6.31. The number of amides is 2. The lowest BCUT2D eigenvalue weighted by atomic mass is 10.1. The molecule has 0 aliphatic carbocycles. The molecule has 4 N–H and O–H groups in total. The molecular weight excluding hydrogens is 452 g/mol. The Morgan fingerprint density at radius 1 is 1.27 bits per heavy atom. The number of aromatic nitrogens is 2. The molecule has 2 aromatic heterocycles. The van der Waals surface area contributed by atoms with E-state index < -0.39 is 36.7 Å². The number of anilines is 1. The Kier molecular flexibility index (Phi) is 6.29. The van der Waals surface area contributed by atoms with E-state index in [2.05, 4.69) is 20.8 Å². The Morgan fingerprint density at radius 3 is 2.88 bits per heavy atom. The van der Waals surface area contributed by atoms with Gasteiger partial charge < -0.3 is 24.9 Å². The van der Waals surface area contributed by atoms with Crippen molar-refractivity contribution in [1.82, 2.24) is 15.5 Å². The summed E-state index contributed by atoms with van der Waals surface area (Å²) in [7, 11) is 0. The van der Waals surface area contributed by atoms with Gasteiger partial charge in [-0.25, -0.2) is 4.79 Å². The summed E-state index contributed by atoms with van der Waals surface area (Å²) in [6, 6.07) is 8.69. The van der Waals surface area contributed by atoms with Gasteiger partial charge in [0.2, 0.25) is 5.91 Å². The molecule has 2 amide bonds. The normalized spacial score (nSPS) is 12.0. The van der Waals surface area contributed by atoms with Crippen molar-refractivity contribution < 1.29 is 23.8 Å². The molecule has 0 saturated heterocycles. The second-order valence-corrected chi connectivity index (χ2v) is 7.62. The highest BCUT2D eigenvalue weighted by Crippen LogP contribution is 2.26. The first kappa shape index (κ1) is 22.3. The SMILES string of the molecule is Cc1c(Cl)c(=O)oc2cc(OCC(=O)N[C@@H](CO)C(=O)Nc3ccc4cn[nH]c4c3)ccc12. The van der Waals surface area contributed by atoms with Gasteiger partial charge in [-0.15, -0.1) is 0 Å². The molecular formula is C22H19ClN4O6. The largest absolute Gasteiger partial charge is 0.484 e. The fourth-order valence-electron chi connectivity index (χ4n) is 3.23. The summed E-state index contributed by atoms with van der Waals surface area (Å²) in [5.74, 6) is -0.938. The van der Waals surface area contributed by atoms with E-state index in [-0.39, 0.29) is 16.4 Å².